The molecule has 2 nitrogen and oxygen atoms in total. The summed E-state index contributed by atoms with van der Waals surface area (Å²) in [7, 11) is 0. The summed E-state index contributed by atoms with van der Waals surface area (Å²) in [6.07, 6.45) is 2.11. The molecule has 208 valence electrons. The molecule has 0 amide bonds. The van der Waals surface area contributed by atoms with E-state index < -0.39 is 0 Å². The van der Waals surface area contributed by atoms with E-state index in [1.54, 1.807) is 0 Å². The summed E-state index contributed by atoms with van der Waals surface area (Å²) in [5.74, 6) is 0. The van der Waals surface area contributed by atoms with Gasteiger partial charge in [-0.15, -0.1) is 0 Å². The van der Waals surface area contributed by atoms with Crippen LogP contribution in [0.3, 0.4) is 0 Å². The molecular formula is C41H28N2S. The first-order valence-electron chi connectivity index (χ1n) is 15.4. The van der Waals surface area contributed by atoms with Gasteiger partial charge in [-0.2, -0.15) is 0 Å². The number of anilines is 1. The van der Waals surface area contributed by atoms with Crippen LogP contribution >= 0.6 is 11.8 Å². The third-order valence-corrected chi connectivity index (χ3v) is 10.9. The number of benzene rings is 7. The van der Waals surface area contributed by atoms with Crippen molar-refractivity contribution >= 4 is 60.8 Å². The van der Waals surface area contributed by atoms with E-state index in [2.05, 4.69) is 143 Å². The molecule has 1 atom stereocenters. The summed E-state index contributed by atoms with van der Waals surface area (Å²) < 4.78 is 2.49. The van der Waals surface area contributed by atoms with Gasteiger partial charge < -0.3 is 9.88 Å². The molecule has 1 aliphatic heterocycles. The Labute approximate surface area is 260 Å². The topological polar surface area (TPSA) is 17.0 Å². The molecule has 0 bridgehead atoms. The standard InChI is InChI=1S/C41H28N2S/c1-2-10-28(11-3-1)41-42-40-36(44-41)23-18-27-14-15-29-24-30(19-20-33(29)37(27)40)43-34-21-16-25-8-4-6-12-31(25)38(34)39-32-13-7-5-9-26(32)17-22-35(39)43/h1-13,16-24,41-42H,14-15H2. The van der Waals surface area contributed by atoms with Crippen LogP contribution in [-0.2, 0) is 12.8 Å². The average molecular weight is 581 g/mol. The van der Waals surface area contributed by atoms with Crippen LogP contribution < -0.4 is 5.32 Å². The van der Waals surface area contributed by atoms with Crippen molar-refractivity contribution in [2.75, 3.05) is 5.32 Å². The molecule has 2 aliphatic rings. The summed E-state index contributed by atoms with van der Waals surface area (Å²) in [6.45, 7) is 0. The maximum Gasteiger partial charge on any atom is 0.103 e. The Morgan fingerprint density at radius 1 is 0.591 bits per heavy atom. The molecule has 1 N–H and O–H groups in total. The maximum absolute atomic E-state index is 3.90. The number of hydrogen-bond donors (Lipinski definition) is 1. The molecule has 8 aromatic rings. The number of aromatic nitrogens is 1. The number of nitrogens with one attached hydrogen (secondary N) is 1. The molecule has 0 saturated heterocycles. The van der Waals surface area contributed by atoms with E-state index in [1.165, 1.54) is 87.4 Å². The fourth-order valence-corrected chi connectivity index (χ4v) is 8.87. The molecule has 3 heteroatoms. The van der Waals surface area contributed by atoms with E-state index in [1.807, 2.05) is 11.8 Å². The van der Waals surface area contributed by atoms with Crippen molar-refractivity contribution < 1.29 is 0 Å². The molecule has 0 radical (unpaired) electrons. The number of rotatable bonds is 2. The molecule has 0 saturated carbocycles. The number of aryl methyl sites for hydroxylation is 2. The molecule has 7 aromatic carbocycles. The largest absolute Gasteiger partial charge is 0.368 e. The van der Waals surface area contributed by atoms with Crippen molar-refractivity contribution in [2.45, 2.75) is 23.1 Å². The van der Waals surface area contributed by atoms with E-state index in [0.29, 0.717) is 0 Å². The monoisotopic (exact) mass is 580 g/mol. The Hall–Kier alpha value is -4.99. The predicted molar refractivity (Wildman–Crippen MR) is 187 cm³/mol. The first kappa shape index (κ1) is 24.5. The first-order chi connectivity index (χ1) is 21.8. The minimum absolute atomic E-state index is 0.240. The zero-order chi connectivity index (χ0) is 28.8. The molecule has 44 heavy (non-hydrogen) atoms. The predicted octanol–water partition coefficient (Wildman–Crippen LogP) is 11.1. The Morgan fingerprint density at radius 3 is 1.98 bits per heavy atom. The molecule has 1 unspecified atom stereocenters. The number of fused-ring (bicyclic) bond motifs is 12. The van der Waals surface area contributed by atoms with Gasteiger partial charge in [0.1, 0.15) is 5.37 Å². The minimum Gasteiger partial charge on any atom is -0.368 e. The van der Waals surface area contributed by atoms with E-state index in [-0.39, 0.29) is 5.37 Å². The van der Waals surface area contributed by atoms with E-state index in [0.717, 1.165) is 12.8 Å². The third-order valence-electron chi connectivity index (χ3n) is 9.70. The summed E-state index contributed by atoms with van der Waals surface area (Å²) in [5, 5.41) is 12.0. The Bertz CT molecular complexity index is 2360. The van der Waals surface area contributed by atoms with Gasteiger partial charge in [-0.3, -0.25) is 0 Å². The lowest BCUT2D eigenvalue weighted by Crippen LogP contribution is -2.08. The lowest BCUT2D eigenvalue weighted by Gasteiger charge is -2.24. The SMILES string of the molecule is c1ccc(C2Nc3c(ccc4c3-c3ccc(-n5c6ccc7ccccc7c6c6c7ccccc7ccc65)cc3CC4)S2)cc1. The number of thioether (sulfide) groups is 1. The number of hydrogen-bond acceptors (Lipinski definition) is 2. The molecular weight excluding hydrogens is 553 g/mol. The van der Waals surface area contributed by atoms with Crippen molar-refractivity contribution in [2.24, 2.45) is 0 Å². The van der Waals surface area contributed by atoms with Crippen molar-refractivity contribution in [3.63, 3.8) is 0 Å². The van der Waals surface area contributed by atoms with Crippen LogP contribution in [0, 0.1) is 0 Å². The molecule has 10 rings (SSSR count). The molecule has 2 heterocycles. The molecule has 1 aromatic heterocycles. The van der Waals surface area contributed by atoms with E-state index >= 15 is 0 Å². The van der Waals surface area contributed by atoms with Crippen molar-refractivity contribution in [1.29, 1.82) is 0 Å². The van der Waals surface area contributed by atoms with Gasteiger partial charge in [0.15, 0.2) is 0 Å². The lowest BCUT2D eigenvalue weighted by atomic mass is 9.84. The average Bonchev–Trinajstić information content (AvgIpc) is 3.68. The van der Waals surface area contributed by atoms with Gasteiger partial charge in [-0.25, -0.2) is 0 Å². The fourth-order valence-electron chi connectivity index (χ4n) is 7.72. The Balaban J connectivity index is 1.18. The smallest absolute Gasteiger partial charge is 0.103 e. The van der Waals surface area contributed by atoms with Crippen LogP contribution in [0.1, 0.15) is 22.1 Å². The zero-order valence-electron chi connectivity index (χ0n) is 24.0. The molecule has 1 aliphatic carbocycles. The fraction of sp³-hybridized carbons (Fsp3) is 0.0732. The van der Waals surface area contributed by atoms with Crippen molar-refractivity contribution in [3.8, 4) is 16.8 Å². The third kappa shape index (κ3) is 3.45. The highest BCUT2D eigenvalue weighted by Gasteiger charge is 2.30. The summed E-state index contributed by atoms with van der Waals surface area (Å²) in [6, 6.07) is 49.5. The second-order valence-corrected chi connectivity index (χ2v) is 13.2. The summed E-state index contributed by atoms with van der Waals surface area (Å²) >= 11 is 1.93. The first-order valence-corrected chi connectivity index (χ1v) is 16.3. The summed E-state index contributed by atoms with van der Waals surface area (Å²) in [4.78, 5) is 1.34. The minimum atomic E-state index is 0.240. The zero-order valence-corrected chi connectivity index (χ0v) is 24.9. The van der Waals surface area contributed by atoms with Crippen LogP contribution in [0.2, 0.25) is 0 Å². The van der Waals surface area contributed by atoms with Crippen LogP contribution in [0.4, 0.5) is 5.69 Å². The van der Waals surface area contributed by atoms with Gasteiger partial charge in [0, 0.05) is 26.9 Å². The van der Waals surface area contributed by atoms with Crippen LogP contribution in [0.25, 0.3) is 60.2 Å². The molecule has 0 spiro atoms. The van der Waals surface area contributed by atoms with Crippen molar-refractivity contribution in [3.05, 3.63) is 150 Å². The van der Waals surface area contributed by atoms with Gasteiger partial charge in [0.05, 0.1) is 16.7 Å². The van der Waals surface area contributed by atoms with Gasteiger partial charge >= 0.3 is 0 Å². The highest BCUT2D eigenvalue weighted by molar-refractivity contribution is 8.00. The van der Waals surface area contributed by atoms with Gasteiger partial charge in [-0.05, 0) is 87.0 Å². The second kappa shape index (κ2) is 9.25. The van der Waals surface area contributed by atoms with Crippen LogP contribution in [0.15, 0.2) is 138 Å². The van der Waals surface area contributed by atoms with Gasteiger partial charge in [-0.1, -0.05) is 115 Å². The normalized spacial score (nSPS) is 15.4. The highest BCUT2D eigenvalue weighted by atomic mass is 32.2. The van der Waals surface area contributed by atoms with Crippen LogP contribution in [-0.4, -0.2) is 4.57 Å². The number of nitrogens with zero attached hydrogens (tertiary/aromatic N) is 1. The van der Waals surface area contributed by atoms with Crippen molar-refractivity contribution in [1.82, 2.24) is 4.57 Å². The van der Waals surface area contributed by atoms with Crippen LogP contribution in [0.5, 0.6) is 0 Å². The second-order valence-electron chi connectivity index (χ2n) is 12.1. The lowest BCUT2D eigenvalue weighted by molar-refractivity contribution is 0.935. The Kier molecular flexibility index (Phi) is 5.14. The highest BCUT2D eigenvalue weighted by Crippen LogP contribution is 2.53. The Morgan fingerprint density at radius 2 is 1.25 bits per heavy atom. The molecule has 0 fully saturated rings. The summed E-state index contributed by atoms with van der Waals surface area (Å²) in [5.41, 5.74) is 12.0. The van der Waals surface area contributed by atoms with E-state index in [9.17, 15) is 0 Å². The van der Waals surface area contributed by atoms with E-state index in [4.69, 9.17) is 0 Å². The van der Waals surface area contributed by atoms with Gasteiger partial charge in [0.25, 0.3) is 0 Å². The van der Waals surface area contributed by atoms with Gasteiger partial charge in [0.2, 0.25) is 0 Å². The maximum atomic E-state index is 3.90. The quantitative estimate of drug-likeness (QED) is 0.219.